The fraction of sp³-hybridized carbons (Fsp3) is 0.182. The minimum absolute atomic E-state index is 0.0738. The molecule has 6 heteroatoms. The Morgan fingerprint density at radius 2 is 2.12 bits per heavy atom. The normalized spacial score (nSPS) is 10.9. The van der Waals surface area contributed by atoms with Crippen LogP contribution in [-0.4, -0.2) is 9.55 Å². The predicted molar refractivity (Wildman–Crippen MR) is 61.5 cm³/mol. The average molecular weight is 258 g/mol. The third-order valence-electron chi connectivity index (χ3n) is 2.51. The molecule has 0 amide bonds. The van der Waals surface area contributed by atoms with Crippen LogP contribution in [0.1, 0.15) is 5.82 Å². The zero-order chi connectivity index (χ0) is 12.6. The van der Waals surface area contributed by atoms with Crippen LogP contribution in [0.2, 0.25) is 5.15 Å². The Morgan fingerprint density at radius 3 is 2.71 bits per heavy atom. The van der Waals surface area contributed by atoms with Crippen molar-refractivity contribution in [3.63, 3.8) is 0 Å². The smallest absolute Gasteiger partial charge is 0.155 e. The second-order valence-electron chi connectivity index (χ2n) is 3.55. The molecule has 0 saturated carbocycles. The molecule has 0 aliphatic heterocycles. The molecule has 2 N–H and O–H groups in total. The van der Waals surface area contributed by atoms with Crippen LogP contribution in [0.25, 0.3) is 11.3 Å². The highest BCUT2D eigenvalue weighted by Crippen LogP contribution is 2.30. The lowest BCUT2D eigenvalue weighted by Gasteiger charge is -2.06. The van der Waals surface area contributed by atoms with Gasteiger partial charge in [0.15, 0.2) is 5.15 Å². The Kier molecular flexibility index (Phi) is 3.13. The Balaban J connectivity index is 2.68. The van der Waals surface area contributed by atoms with Gasteiger partial charge in [0.1, 0.15) is 17.5 Å². The van der Waals surface area contributed by atoms with Crippen molar-refractivity contribution in [2.75, 3.05) is 0 Å². The SMILES string of the molecule is Cn1c(CN)nc(Cl)c1-c1cc(F)ccc1F. The van der Waals surface area contributed by atoms with Gasteiger partial charge in [-0.05, 0) is 18.2 Å². The summed E-state index contributed by atoms with van der Waals surface area (Å²) in [4.78, 5) is 3.99. The summed E-state index contributed by atoms with van der Waals surface area (Å²) in [5, 5.41) is 0.109. The molecule has 90 valence electrons. The highest BCUT2D eigenvalue weighted by molar-refractivity contribution is 6.32. The highest BCUT2D eigenvalue weighted by atomic mass is 35.5. The second kappa shape index (κ2) is 4.43. The molecule has 1 aromatic heterocycles. The summed E-state index contributed by atoms with van der Waals surface area (Å²) in [6.45, 7) is 0.174. The number of hydrogen-bond acceptors (Lipinski definition) is 2. The summed E-state index contributed by atoms with van der Waals surface area (Å²) in [5.41, 5.74) is 5.87. The van der Waals surface area contributed by atoms with Gasteiger partial charge in [0.25, 0.3) is 0 Å². The quantitative estimate of drug-likeness (QED) is 0.898. The van der Waals surface area contributed by atoms with Crippen LogP contribution in [0.3, 0.4) is 0 Å². The van der Waals surface area contributed by atoms with Gasteiger partial charge >= 0.3 is 0 Å². The third-order valence-corrected chi connectivity index (χ3v) is 2.77. The van der Waals surface area contributed by atoms with Crippen LogP contribution in [-0.2, 0) is 13.6 Å². The van der Waals surface area contributed by atoms with Crippen molar-refractivity contribution in [2.24, 2.45) is 12.8 Å². The first-order chi connectivity index (χ1) is 8.04. The van der Waals surface area contributed by atoms with Gasteiger partial charge in [0, 0.05) is 12.6 Å². The van der Waals surface area contributed by atoms with Crippen molar-refractivity contribution in [1.82, 2.24) is 9.55 Å². The molecule has 0 fully saturated rings. The maximum absolute atomic E-state index is 13.6. The lowest BCUT2D eigenvalue weighted by molar-refractivity contribution is 0.601. The Bertz CT molecular complexity index is 566. The van der Waals surface area contributed by atoms with E-state index < -0.39 is 11.6 Å². The first-order valence-corrected chi connectivity index (χ1v) is 5.29. The van der Waals surface area contributed by atoms with Gasteiger partial charge in [0.05, 0.1) is 12.2 Å². The molecule has 2 aromatic rings. The maximum Gasteiger partial charge on any atom is 0.155 e. The van der Waals surface area contributed by atoms with Crippen LogP contribution in [0.5, 0.6) is 0 Å². The van der Waals surface area contributed by atoms with Gasteiger partial charge in [0.2, 0.25) is 0 Å². The van der Waals surface area contributed by atoms with E-state index in [2.05, 4.69) is 4.98 Å². The Hall–Kier alpha value is -1.46. The molecule has 0 spiro atoms. The molecule has 0 radical (unpaired) electrons. The van der Waals surface area contributed by atoms with E-state index in [1.807, 2.05) is 0 Å². The van der Waals surface area contributed by atoms with Crippen molar-refractivity contribution in [3.8, 4) is 11.3 Å². The highest BCUT2D eigenvalue weighted by Gasteiger charge is 2.17. The van der Waals surface area contributed by atoms with Gasteiger partial charge in [-0.2, -0.15) is 0 Å². The van der Waals surface area contributed by atoms with E-state index in [9.17, 15) is 8.78 Å². The third kappa shape index (κ3) is 2.03. The van der Waals surface area contributed by atoms with E-state index >= 15 is 0 Å². The second-order valence-corrected chi connectivity index (χ2v) is 3.91. The molecule has 1 aromatic carbocycles. The lowest BCUT2D eigenvalue weighted by Crippen LogP contribution is -2.05. The van der Waals surface area contributed by atoms with Crippen LogP contribution < -0.4 is 5.73 Å². The molecule has 0 unspecified atom stereocenters. The van der Waals surface area contributed by atoms with Crippen molar-refractivity contribution in [2.45, 2.75) is 6.54 Å². The molecule has 0 saturated heterocycles. The molecule has 0 aliphatic rings. The molecule has 3 nitrogen and oxygen atoms in total. The molecular formula is C11H10ClF2N3. The summed E-state index contributed by atoms with van der Waals surface area (Å²) < 4.78 is 28.3. The summed E-state index contributed by atoms with van der Waals surface area (Å²) in [6, 6.07) is 3.18. The number of nitrogens with two attached hydrogens (primary N) is 1. The number of imidazole rings is 1. The van der Waals surface area contributed by atoms with Crippen molar-refractivity contribution >= 4 is 11.6 Å². The maximum atomic E-state index is 13.6. The van der Waals surface area contributed by atoms with Crippen molar-refractivity contribution < 1.29 is 8.78 Å². The van der Waals surface area contributed by atoms with E-state index in [4.69, 9.17) is 17.3 Å². The van der Waals surface area contributed by atoms with Crippen molar-refractivity contribution in [1.29, 1.82) is 0 Å². The number of nitrogens with zero attached hydrogens (tertiary/aromatic N) is 2. The predicted octanol–water partition coefficient (Wildman–Crippen LogP) is 2.48. The standard InChI is InChI=1S/C11H10ClF2N3/c1-17-9(5-15)16-11(12)10(17)7-4-6(13)2-3-8(7)14/h2-4H,5,15H2,1H3. The first-order valence-electron chi connectivity index (χ1n) is 4.91. The summed E-state index contributed by atoms with van der Waals surface area (Å²) >= 11 is 5.91. The van der Waals surface area contributed by atoms with E-state index in [0.717, 1.165) is 18.2 Å². The van der Waals surface area contributed by atoms with Crippen molar-refractivity contribution in [3.05, 3.63) is 40.8 Å². The van der Waals surface area contributed by atoms with E-state index in [1.165, 1.54) is 0 Å². The molecule has 0 bridgehead atoms. The average Bonchev–Trinajstić information content (AvgIpc) is 2.58. The van der Waals surface area contributed by atoms with Crippen LogP contribution in [0.4, 0.5) is 8.78 Å². The van der Waals surface area contributed by atoms with Crippen LogP contribution in [0, 0.1) is 11.6 Å². The molecular weight excluding hydrogens is 248 g/mol. The molecule has 0 aliphatic carbocycles. The molecule has 2 rings (SSSR count). The minimum Gasteiger partial charge on any atom is -0.329 e. The van der Waals surface area contributed by atoms with Gasteiger partial charge < -0.3 is 10.3 Å². The number of rotatable bonds is 2. The fourth-order valence-electron chi connectivity index (χ4n) is 1.66. The Morgan fingerprint density at radius 1 is 1.41 bits per heavy atom. The number of aromatic nitrogens is 2. The van der Waals surface area contributed by atoms with Gasteiger partial charge in [-0.15, -0.1) is 0 Å². The number of benzene rings is 1. The molecule has 0 atom stereocenters. The van der Waals surface area contributed by atoms with Gasteiger partial charge in [-0.25, -0.2) is 13.8 Å². The fourth-order valence-corrected chi connectivity index (χ4v) is 1.99. The molecule has 17 heavy (non-hydrogen) atoms. The summed E-state index contributed by atoms with van der Waals surface area (Å²) in [7, 11) is 1.65. The lowest BCUT2D eigenvalue weighted by atomic mass is 10.1. The number of hydrogen-bond donors (Lipinski definition) is 1. The Labute approximate surface area is 102 Å². The monoisotopic (exact) mass is 257 g/mol. The zero-order valence-corrected chi connectivity index (χ0v) is 9.80. The summed E-state index contributed by atoms with van der Waals surface area (Å²) in [5.74, 6) is -0.582. The van der Waals surface area contributed by atoms with Crippen LogP contribution in [0.15, 0.2) is 18.2 Å². The largest absolute Gasteiger partial charge is 0.329 e. The summed E-state index contributed by atoms with van der Waals surface area (Å²) in [6.07, 6.45) is 0. The van der Waals surface area contributed by atoms with E-state index in [1.54, 1.807) is 11.6 Å². The van der Waals surface area contributed by atoms with Gasteiger partial charge in [-0.3, -0.25) is 0 Å². The van der Waals surface area contributed by atoms with Gasteiger partial charge in [-0.1, -0.05) is 11.6 Å². The zero-order valence-electron chi connectivity index (χ0n) is 9.04. The molecule has 1 heterocycles. The minimum atomic E-state index is -0.556. The van der Waals surface area contributed by atoms with Crippen LogP contribution >= 0.6 is 11.6 Å². The van der Waals surface area contributed by atoms with E-state index in [-0.39, 0.29) is 17.3 Å². The number of halogens is 3. The van der Waals surface area contributed by atoms with E-state index in [0.29, 0.717) is 11.5 Å². The topological polar surface area (TPSA) is 43.8 Å². The first kappa shape index (κ1) is 12.0.